The molecule has 0 radical (unpaired) electrons. The molecule has 176 valence electrons. The number of anilines is 2. The highest BCUT2D eigenvalue weighted by Crippen LogP contribution is 2.34. The molecule has 0 saturated carbocycles. The van der Waals surface area contributed by atoms with Crippen molar-refractivity contribution in [2.24, 2.45) is 0 Å². The van der Waals surface area contributed by atoms with Gasteiger partial charge in [-0.05, 0) is 60.0 Å². The molecule has 7 nitrogen and oxygen atoms in total. The molecule has 2 aromatic heterocycles. The molecule has 1 aliphatic rings. The molecule has 2 aromatic carbocycles. The minimum Gasteiger partial charge on any atom is -0.472 e. The maximum atomic E-state index is 13.6. The highest BCUT2D eigenvalue weighted by atomic mass is 19.1. The number of amides is 1. The lowest BCUT2D eigenvalue weighted by Crippen LogP contribution is -2.25. The standard InChI is InChI=1S/C26H21F2N5O2/c27-19-6-4-17(5-7-19)16-35-25-22(24(34)30-14-21-3-1-2-11-29-21)15-31-26(32-25)33-12-10-18-13-20(28)8-9-23(18)33/h1-9,11,13,15H,10,12,14,16H2,(H,30,34). The lowest BCUT2D eigenvalue weighted by atomic mass is 10.2. The molecular weight excluding hydrogens is 452 g/mol. The Kier molecular flexibility index (Phi) is 6.30. The summed E-state index contributed by atoms with van der Waals surface area (Å²) in [5.74, 6) is -0.633. The topological polar surface area (TPSA) is 80.2 Å². The van der Waals surface area contributed by atoms with E-state index >= 15 is 0 Å². The summed E-state index contributed by atoms with van der Waals surface area (Å²) in [5, 5.41) is 2.81. The number of ether oxygens (including phenoxy) is 1. The van der Waals surface area contributed by atoms with Crippen LogP contribution < -0.4 is 15.0 Å². The van der Waals surface area contributed by atoms with E-state index in [1.165, 1.54) is 30.5 Å². The molecule has 3 heterocycles. The molecule has 4 aromatic rings. The van der Waals surface area contributed by atoms with Gasteiger partial charge >= 0.3 is 0 Å². The van der Waals surface area contributed by atoms with Gasteiger partial charge in [-0.3, -0.25) is 9.78 Å². The molecule has 0 bridgehead atoms. The average Bonchev–Trinajstić information content (AvgIpc) is 3.30. The number of hydrogen-bond acceptors (Lipinski definition) is 6. The smallest absolute Gasteiger partial charge is 0.258 e. The van der Waals surface area contributed by atoms with Gasteiger partial charge in [0.2, 0.25) is 11.8 Å². The number of benzene rings is 2. The number of rotatable bonds is 7. The normalized spacial score (nSPS) is 12.3. The van der Waals surface area contributed by atoms with Crippen LogP contribution in [0.5, 0.6) is 5.88 Å². The minimum absolute atomic E-state index is 0.0824. The van der Waals surface area contributed by atoms with E-state index in [1.807, 2.05) is 11.0 Å². The first-order valence-corrected chi connectivity index (χ1v) is 11.1. The number of carbonyl (C=O) groups excluding carboxylic acids is 1. The summed E-state index contributed by atoms with van der Waals surface area (Å²) in [6.07, 6.45) is 3.71. The molecule has 0 atom stereocenters. The molecule has 35 heavy (non-hydrogen) atoms. The molecule has 0 aliphatic carbocycles. The Morgan fingerprint density at radius 3 is 2.66 bits per heavy atom. The van der Waals surface area contributed by atoms with Gasteiger partial charge in [-0.25, -0.2) is 13.8 Å². The Bertz CT molecular complexity index is 1350. The van der Waals surface area contributed by atoms with E-state index in [2.05, 4.69) is 20.3 Å². The third kappa shape index (κ3) is 5.08. The highest BCUT2D eigenvalue weighted by molar-refractivity contribution is 5.96. The van der Waals surface area contributed by atoms with Crippen molar-refractivity contribution in [2.45, 2.75) is 19.6 Å². The third-order valence-electron chi connectivity index (χ3n) is 5.61. The molecule has 1 N–H and O–H groups in total. The second-order valence-corrected chi connectivity index (χ2v) is 7.98. The second kappa shape index (κ2) is 9.84. The van der Waals surface area contributed by atoms with Crippen LogP contribution in [0.25, 0.3) is 0 Å². The van der Waals surface area contributed by atoms with Crippen LogP contribution in [0.3, 0.4) is 0 Å². The number of carbonyl (C=O) groups is 1. The van der Waals surface area contributed by atoms with E-state index in [0.29, 0.717) is 30.2 Å². The van der Waals surface area contributed by atoms with E-state index in [-0.39, 0.29) is 36.2 Å². The SMILES string of the molecule is O=C(NCc1ccccn1)c1cnc(N2CCc3cc(F)ccc32)nc1OCc1ccc(F)cc1. The predicted molar refractivity (Wildman–Crippen MR) is 125 cm³/mol. The van der Waals surface area contributed by atoms with Crippen LogP contribution in [0, 0.1) is 11.6 Å². The molecular formula is C26H21F2N5O2. The molecule has 0 fully saturated rings. The van der Waals surface area contributed by atoms with Crippen LogP contribution >= 0.6 is 0 Å². The van der Waals surface area contributed by atoms with Gasteiger partial charge in [-0.15, -0.1) is 0 Å². The van der Waals surface area contributed by atoms with E-state index in [9.17, 15) is 13.6 Å². The van der Waals surface area contributed by atoms with Crippen molar-refractivity contribution in [3.8, 4) is 5.88 Å². The van der Waals surface area contributed by atoms with Crippen LogP contribution in [-0.4, -0.2) is 27.4 Å². The van der Waals surface area contributed by atoms with E-state index in [0.717, 1.165) is 11.3 Å². The summed E-state index contributed by atoms with van der Waals surface area (Å²) in [7, 11) is 0. The maximum absolute atomic E-state index is 13.6. The van der Waals surface area contributed by atoms with Crippen molar-refractivity contribution < 1.29 is 18.3 Å². The van der Waals surface area contributed by atoms with Crippen molar-refractivity contribution in [2.75, 3.05) is 11.4 Å². The zero-order valence-electron chi connectivity index (χ0n) is 18.6. The zero-order valence-corrected chi connectivity index (χ0v) is 18.6. The van der Waals surface area contributed by atoms with E-state index in [4.69, 9.17) is 4.74 Å². The van der Waals surface area contributed by atoms with Crippen LogP contribution in [-0.2, 0) is 19.6 Å². The van der Waals surface area contributed by atoms with E-state index in [1.54, 1.807) is 36.5 Å². The first-order valence-electron chi connectivity index (χ1n) is 11.1. The number of nitrogens with one attached hydrogen (secondary N) is 1. The van der Waals surface area contributed by atoms with Crippen LogP contribution in [0.2, 0.25) is 0 Å². The van der Waals surface area contributed by atoms with Crippen molar-refractivity contribution >= 4 is 17.5 Å². The van der Waals surface area contributed by atoms with Gasteiger partial charge < -0.3 is 15.0 Å². The van der Waals surface area contributed by atoms with Crippen LogP contribution in [0.4, 0.5) is 20.4 Å². The maximum Gasteiger partial charge on any atom is 0.258 e. The van der Waals surface area contributed by atoms with Gasteiger partial charge in [0.05, 0.1) is 12.2 Å². The van der Waals surface area contributed by atoms with Gasteiger partial charge in [0, 0.05) is 24.6 Å². The summed E-state index contributed by atoms with van der Waals surface area (Å²) in [4.78, 5) is 28.0. The molecule has 0 saturated heterocycles. The number of nitrogens with zero attached hydrogens (tertiary/aromatic N) is 4. The first-order chi connectivity index (χ1) is 17.1. The largest absolute Gasteiger partial charge is 0.472 e. The number of fused-ring (bicyclic) bond motifs is 1. The Morgan fingerprint density at radius 1 is 1.03 bits per heavy atom. The number of aromatic nitrogens is 3. The Morgan fingerprint density at radius 2 is 1.86 bits per heavy atom. The van der Waals surface area contributed by atoms with Crippen LogP contribution in [0.15, 0.2) is 73.1 Å². The number of hydrogen-bond donors (Lipinski definition) is 1. The molecule has 1 aliphatic heterocycles. The minimum atomic E-state index is -0.416. The Labute approximate surface area is 200 Å². The quantitative estimate of drug-likeness (QED) is 0.430. The van der Waals surface area contributed by atoms with Crippen molar-refractivity contribution in [1.82, 2.24) is 20.3 Å². The summed E-state index contributed by atoms with van der Waals surface area (Å²) in [6.45, 7) is 0.879. The monoisotopic (exact) mass is 473 g/mol. The fourth-order valence-corrected chi connectivity index (χ4v) is 3.83. The van der Waals surface area contributed by atoms with Gasteiger partial charge in [-0.1, -0.05) is 18.2 Å². The van der Waals surface area contributed by atoms with Gasteiger partial charge in [0.15, 0.2) is 0 Å². The van der Waals surface area contributed by atoms with Crippen molar-refractivity contribution in [3.05, 3.63) is 107 Å². The lowest BCUT2D eigenvalue weighted by Gasteiger charge is -2.19. The second-order valence-electron chi connectivity index (χ2n) is 7.98. The van der Waals surface area contributed by atoms with Gasteiger partial charge in [-0.2, -0.15) is 4.98 Å². The fourth-order valence-electron chi connectivity index (χ4n) is 3.83. The highest BCUT2D eigenvalue weighted by Gasteiger charge is 2.25. The number of pyridine rings is 1. The third-order valence-corrected chi connectivity index (χ3v) is 5.61. The summed E-state index contributed by atoms with van der Waals surface area (Å²) >= 11 is 0. The van der Waals surface area contributed by atoms with Gasteiger partial charge in [0.1, 0.15) is 23.8 Å². The van der Waals surface area contributed by atoms with Gasteiger partial charge in [0.25, 0.3) is 5.91 Å². The molecule has 0 unspecified atom stereocenters. The first kappa shape index (κ1) is 22.4. The summed E-state index contributed by atoms with van der Waals surface area (Å²) in [6, 6.07) is 15.9. The Hall–Kier alpha value is -4.40. The van der Waals surface area contributed by atoms with Crippen molar-refractivity contribution in [1.29, 1.82) is 0 Å². The van der Waals surface area contributed by atoms with Crippen molar-refractivity contribution in [3.63, 3.8) is 0 Å². The predicted octanol–water partition coefficient (Wildman–Crippen LogP) is 4.35. The zero-order chi connectivity index (χ0) is 24.2. The number of halogens is 2. The molecule has 9 heteroatoms. The molecule has 1 amide bonds. The molecule has 5 rings (SSSR count). The van der Waals surface area contributed by atoms with Crippen LogP contribution in [0.1, 0.15) is 27.2 Å². The average molecular weight is 473 g/mol. The lowest BCUT2D eigenvalue weighted by molar-refractivity contribution is 0.0944. The fraction of sp³-hybridized carbons (Fsp3) is 0.154. The molecule has 0 spiro atoms. The van der Waals surface area contributed by atoms with E-state index < -0.39 is 5.91 Å². The summed E-state index contributed by atoms with van der Waals surface area (Å²) < 4.78 is 32.8. The Balaban J connectivity index is 1.41. The summed E-state index contributed by atoms with van der Waals surface area (Å²) in [5.41, 5.74) is 3.24.